The monoisotopic (exact) mass is 382 g/mol. The zero-order valence-corrected chi connectivity index (χ0v) is 16.2. The molecule has 0 bridgehead atoms. The summed E-state index contributed by atoms with van der Waals surface area (Å²) in [5, 5.41) is 7.69. The van der Waals surface area contributed by atoms with Gasteiger partial charge in [-0.05, 0) is 52.2 Å². The molecule has 30 heavy (non-hydrogen) atoms. The third kappa shape index (κ3) is 2.13. The first-order valence-corrected chi connectivity index (χ1v) is 10.3. The van der Waals surface area contributed by atoms with Crippen LogP contribution in [0.5, 0.6) is 0 Å². The van der Waals surface area contributed by atoms with Gasteiger partial charge in [-0.3, -0.25) is 0 Å². The lowest BCUT2D eigenvalue weighted by Gasteiger charge is -2.04. The average molecular weight is 382 g/mol. The van der Waals surface area contributed by atoms with E-state index in [1.807, 2.05) is 0 Å². The number of hydrogen-bond donors (Lipinski definition) is 2. The SMILES string of the molecule is c1ccc2c(c1)ccc1[nH]c3ccc(-c4ccc5c(c4)[nH]c4ccccc45)cc3c12. The number of aromatic amines is 2. The van der Waals surface area contributed by atoms with E-state index in [4.69, 9.17) is 0 Å². The number of H-pyrrole nitrogens is 2. The first-order chi connectivity index (χ1) is 14.8. The first-order valence-electron chi connectivity index (χ1n) is 10.3. The topological polar surface area (TPSA) is 31.6 Å². The number of aromatic nitrogens is 2. The van der Waals surface area contributed by atoms with E-state index in [0.29, 0.717) is 0 Å². The van der Waals surface area contributed by atoms with Gasteiger partial charge in [-0.1, -0.05) is 66.7 Å². The summed E-state index contributed by atoms with van der Waals surface area (Å²) in [6.07, 6.45) is 0. The summed E-state index contributed by atoms with van der Waals surface area (Å²) in [7, 11) is 0. The molecule has 0 saturated carbocycles. The first kappa shape index (κ1) is 15.8. The maximum Gasteiger partial charge on any atom is 0.0471 e. The van der Waals surface area contributed by atoms with Gasteiger partial charge < -0.3 is 9.97 Å². The van der Waals surface area contributed by atoms with Gasteiger partial charge in [-0.25, -0.2) is 0 Å². The second kappa shape index (κ2) is 5.74. The Morgan fingerprint density at radius 3 is 2.03 bits per heavy atom. The van der Waals surface area contributed by atoms with Gasteiger partial charge in [0.15, 0.2) is 0 Å². The Balaban J connectivity index is 1.50. The summed E-state index contributed by atoms with van der Waals surface area (Å²) in [6.45, 7) is 0. The molecule has 2 aromatic heterocycles. The number of para-hydroxylation sites is 1. The highest BCUT2D eigenvalue weighted by Gasteiger charge is 2.11. The Hall–Kier alpha value is -4.04. The van der Waals surface area contributed by atoms with Crippen LogP contribution >= 0.6 is 0 Å². The van der Waals surface area contributed by atoms with Gasteiger partial charge >= 0.3 is 0 Å². The molecule has 0 spiro atoms. The summed E-state index contributed by atoms with van der Waals surface area (Å²) in [6, 6.07) is 35.0. The molecule has 2 N–H and O–H groups in total. The van der Waals surface area contributed by atoms with E-state index in [9.17, 15) is 0 Å². The molecule has 0 aliphatic rings. The van der Waals surface area contributed by atoms with Crippen LogP contribution in [0.1, 0.15) is 0 Å². The minimum Gasteiger partial charge on any atom is -0.354 e. The fourth-order valence-corrected chi connectivity index (χ4v) is 4.88. The van der Waals surface area contributed by atoms with E-state index in [0.717, 1.165) is 0 Å². The molecule has 140 valence electrons. The van der Waals surface area contributed by atoms with Crippen molar-refractivity contribution in [3.05, 3.63) is 97.1 Å². The van der Waals surface area contributed by atoms with Crippen LogP contribution in [0.2, 0.25) is 0 Å². The van der Waals surface area contributed by atoms with Crippen molar-refractivity contribution in [2.45, 2.75) is 0 Å². The van der Waals surface area contributed by atoms with Crippen molar-refractivity contribution in [2.75, 3.05) is 0 Å². The van der Waals surface area contributed by atoms with Crippen molar-refractivity contribution in [3.63, 3.8) is 0 Å². The van der Waals surface area contributed by atoms with Crippen LogP contribution < -0.4 is 0 Å². The van der Waals surface area contributed by atoms with Gasteiger partial charge in [0.1, 0.15) is 0 Å². The zero-order valence-electron chi connectivity index (χ0n) is 16.2. The van der Waals surface area contributed by atoms with E-state index in [1.54, 1.807) is 0 Å². The third-order valence-corrected chi connectivity index (χ3v) is 6.33. The van der Waals surface area contributed by atoms with Crippen LogP contribution in [0.15, 0.2) is 97.1 Å². The standard InChI is InChI=1S/C28H18N2/c1-2-6-20-17(5-1)10-14-26-28(20)23-15-18(11-13-25(23)29-26)19-9-12-22-21-7-3-4-8-24(21)30-27(22)16-19/h1-16,29-30H. The molecule has 0 saturated heterocycles. The predicted molar refractivity (Wildman–Crippen MR) is 128 cm³/mol. The fraction of sp³-hybridized carbons (Fsp3) is 0. The molecule has 7 aromatic rings. The number of hydrogen-bond acceptors (Lipinski definition) is 0. The lowest BCUT2D eigenvalue weighted by molar-refractivity contribution is 1.54. The summed E-state index contributed by atoms with van der Waals surface area (Å²) in [4.78, 5) is 7.16. The van der Waals surface area contributed by atoms with Gasteiger partial charge in [0, 0.05) is 43.6 Å². The van der Waals surface area contributed by atoms with E-state index >= 15 is 0 Å². The fourth-order valence-electron chi connectivity index (χ4n) is 4.88. The van der Waals surface area contributed by atoms with Crippen molar-refractivity contribution >= 4 is 54.4 Å². The molecule has 2 heteroatoms. The van der Waals surface area contributed by atoms with Crippen molar-refractivity contribution in [1.82, 2.24) is 9.97 Å². The number of nitrogens with one attached hydrogen (secondary N) is 2. The van der Waals surface area contributed by atoms with E-state index in [-0.39, 0.29) is 0 Å². The lowest BCUT2D eigenvalue weighted by atomic mass is 9.99. The molecule has 0 aliphatic heterocycles. The normalized spacial score (nSPS) is 12.0. The Bertz CT molecular complexity index is 1750. The molecule has 5 aromatic carbocycles. The van der Waals surface area contributed by atoms with E-state index in [1.165, 1.54) is 65.5 Å². The number of fused-ring (bicyclic) bond motifs is 8. The molecular weight excluding hydrogens is 364 g/mol. The van der Waals surface area contributed by atoms with Crippen molar-refractivity contribution < 1.29 is 0 Å². The van der Waals surface area contributed by atoms with E-state index < -0.39 is 0 Å². The largest absolute Gasteiger partial charge is 0.354 e. The van der Waals surface area contributed by atoms with Gasteiger partial charge in [0.25, 0.3) is 0 Å². The average Bonchev–Trinajstić information content (AvgIpc) is 3.36. The molecule has 0 atom stereocenters. The quantitative estimate of drug-likeness (QED) is 0.290. The minimum absolute atomic E-state index is 1.18. The highest BCUT2D eigenvalue weighted by Crippen LogP contribution is 2.36. The smallest absolute Gasteiger partial charge is 0.0471 e. The van der Waals surface area contributed by atoms with Crippen molar-refractivity contribution in [3.8, 4) is 11.1 Å². The number of rotatable bonds is 1. The molecule has 7 rings (SSSR count). The highest BCUT2D eigenvalue weighted by molar-refractivity contribution is 6.20. The van der Waals surface area contributed by atoms with E-state index in [2.05, 4.69) is 107 Å². The molecule has 2 heterocycles. The van der Waals surface area contributed by atoms with Crippen LogP contribution in [0.4, 0.5) is 0 Å². The Labute approximate surface area is 172 Å². The summed E-state index contributed by atoms with van der Waals surface area (Å²) < 4.78 is 0. The van der Waals surface area contributed by atoms with Gasteiger partial charge in [-0.2, -0.15) is 0 Å². The lowest BCUT2D eigenvalue weighted by Crippen LogP contribution is -1.79. The number of benzene rings is 5. The molecule has 0 radical (unpaired) electrons. The van der Waals surface area contributed by atoms with Crippen LogP contribution in [-0.4, -0.2) is 9.97 Å². The van der Waals surface area contributed by atoms with Gasteiger partial charge in [0.05, 0.1) is 0 Å². The molecule has 0 fully saturated rings. The summed E-state index contributed by atoms with van der Waals surface area (Å²) in [5.41, 5.74) is 7.19. The Morgan fingerprint density at radius 1 is 0.400 bits per heavy atom. The molecule has 0 amide bonds. The predicted octanol–water partition coefficient (Wildman–Crippen LogP) is 7.78. The second-order valence-electron chi connectivity index (χ2n) is 8.03. The summed E-state index contributed by atoms with van der Waals surface area (Å²) in [5.74, 6) is 0. The molecule has 2 nitrogen and oxygen atoms in total. The van der Waals surface area contributed by atoms with Crippen LogP contribution in [0, 0.1) is 0 Å². The second-order valence-corrected chi connectivity index (χ2v) is 8.03. The molecular formula is C28H18N2. The zero-order chi connectivity index (χ0) is 19.7. The highest BCUT2D eigenvalue weighted by atomic mass is 14.7. The summed E-state index contributed by atoms with van der Waals surface area (Å²) >= 11 is 0. The van der Waals surface area contributed by atoms with Gasteiger partial charge in [0.2, 0.25) is 0 Å². The van der Waals surface area contributed by atoms with Crippen molar-refractivity contribution in [1.29, 1.82) is 0 Å². The van der Waals surface area contributed by atoms with Crippen molar-refractivity contribution in [2.24, 2.45) is 0 Å². The molecule has 0 unspecified atom stereocenters. The third-order valence-electron chi connectivity index (χ3n) is 6.33. The maximum atomic E-state index is 3.59. The minimum atomic E-state index is 1.18. The Morgan fingerprint density at radius 2 is 1.07 bits per heavy atom. The van der Waals surface area contributed by atoms with Gasteiger partial charge in [-0.15, -0.1) is 0 Å². The van der Waals surface area contributed by atoms with Crippen LogP contribution in [0.25, 0.3) is 65.5 Å². The van der Waals surface area contributed by atoms with Crippen LogP contribution in [-0.2, 0) is 0 Å². The van der Waals surface area contributed by atoms with Crippen LogP contribution in [0.3, 0.4) is 0 Å². The maximum absolute atomic E-state index is 3.59. The Kier molecular flexibility index (Phi) is 3.03. The molecule has 0 aliphatic carbocycles.